The zero-order valence-electron chi connectivity index (χ0n) is 15.4. The van der Waals surface area contributed by atoms with Crippen molar-refractivity contribution in [1.29, 1.82) is 0 Å². The summed E-state index contributed by atoms with van der Waals surface area (Å²) in [4.78, 5) is 23.2. The molecule has 1 amide bonds. The molecule has 0 aliphatic carbocycles. The van der Waals surface area contributed by atoms with Crippen LogP contribution in [-0.2, 0) is 0 Å². The first-order chi connectivity index (χ1) is 14.3. The van der Waals surface area contributed by atoms with E-state index in [9.17, 15) is 4.79 Å². The van der Waals surface area contributed by atoms with Gasteiger partial charge < -0.3 is 20.0 Å². The minimum absolute atomic E-state index is 0.0182. The van der Waals surface area contributed by atoms with E-state index in [-0.39, 0.29) is 5.89 Å². The number of H-pyrrole nitrogens is 1. The number of aromatic amines is 1. The summed E-state index contributed by atoms with van der Waals surface area (Å²) >= 11 is 0. The van der Waals surface area contributed by atoms with Crippen LogP contribution in [0.15, 0.2) is 47.3 Å². The molecule has 4 aromatic rings. The molecule has 3 aromatic heterocycles. The van der Waals surface area contributed by atoms with Crippen molar-refractivity contribution in [2.75, 3.05) is 36.4 Å². The van der Waals surface area contributed by atoms with Gasteiger partial charge >= 0.3 is 5.91 Å². The van der Waals surface area contributed by atoms with E-state index < -0.39 is 5.91 Å². The predicted molar refractivity (Wildman–Crippen MR) is 107 cm³/mol. The van der Waals surface area contributed by atoms with Gasteiger partial charge in [0.25, 0.3) is 5.89 Å². The average Bonchev–Trinajstić information content (AvgIpc) is 3.44. The van der Waals surface area contributed by atoms with Gasteiger partial charge in [0.15, 0.2) is 5.76 Å². The Kier molecular flexibility index (Phi) is 4.37. The van der Waals surface area contributed by atoms with E-state index in [1.54, 1.807) is 12.4 Å². The van der Waals surface area contributed by atoms with Crippen LogP contribution in [0.3, 0.4) is 0 Å². The molecular formula is C19H18N8O2. The number of pyridine rings is 1. The van der Waals surface area contributed by atoms with Gasteiger partial charge in [-0.05, 0) is 24.3 Å². The molecule has 0 radical (unpaired) electrons. The van der Waals surface area contributed by atoms with E-state index >= 15 is 0 Å². The summed E-state index contributed by atoms with van der Waals surface area (Å²) < 4.78 is 5.69. The lowest BCUT2D eigenvalue weighted by atomic mass is 10.1. The molecule has 0 atom stereocenters. The molecule has 0 unspecified atom stereocenters. The summed E-state index contributed by atoms with van der Waals surface area (Å²) in [5, 5.41) is 16.7. The minimum Gasteiger partial charge on any atom is -0.432 e. The van der Waals surface area contributed by atoms with E-state index in [4.69, 9.17) is 4.42 Å². The van der Waals surface area contributed by atoms with Crippen LogP contribution in [0.2, 0.25) is 0 Å². The number of carbonyl (C=O) groups excluding carboxylic acids is 1. The van der Waals surface area contributed by atoms with E-state index in [2.05, 4.69) is 40.9 Å². The number of hydrogen-bond acceptors (Lipinski definition) is 8. The number of oxazole rings is 1. The maximum atomic E-state index is 12.7. The average molecular weight is 390 g/mol. The van der Waals surface area contributed by atoms with E-state index in [1.165, 1.54) is 6.20 Å². The highest BCUT2D eigenvalue weighted by atomic mass is 16.4. The lowest BCUT2D eigenvalue weighted by Gasteiger charge is -2.30. The SMILES string of the molecule is O=C(Nc1cnccc1N1CCNCC1)c1ncc(-c2ccc3[nH]nnc3c2)o1. The van der Waals surface area contributed by atoms with Gasteiger partial charge in [0.1, 0.15) is 5.52 Å². The predicted octanol–water partition coefficient (Wildman–Crippen LogP) is 1.67. The third-order valence-electron chi connectivity index (χ3n) is 4.81. The molecule has 29 heavy (non-hydrogen) atoms. The molecular weight excluding hydrogens is 372 g/mol. The molecule has 0 saturated carbocycles. The second-order valence-electron chi connectivity index (χ2n) is 6.66. The Labute approximate surface area is 165 Å². The van der Waals surface area contributed by atoms with Crippen molar-refractivity contribution in [3.05, 3.63) is 48.7 Å². The maximum absolute atomic E-state index is 12.7. The van der Waals surface area contributed by atoms with E-state index in [0.717, 1.165) is 42.9 Å². The highest BCUT2D eigenvalue weighted by Gasteiger charge is 2.19. The van der Waals surface area contributed by atoms with Crippen molar-refractivity contribution < 1.29 is 9.21 Å². The zero-order chi connectivity index (χ0) is 19.6. The monoisotopic (exact) mass is 390 g/mol. The number of aromatic nitrogens is 5. The number of hydrogen-bond donors (Lipinski definition) is 3. The number of nitrogens with zero attached hydrogens (tertiary/aromatic N) is 5. The summed E-state index contributed by atoms with van der Waals surface area (Å²) in [7, 11) is 0. The van der Waals surface area contributed by atoms with Gasteiger partial charge in [-0.1, -0.05) is 5.21 Å². The Morgan fingerprint density at radius 2 is 2.07 bits per heavy atom. The first-order valence-electron chi connectivity index (χ1n) is 9.26. The smallest absolute Gasteiger partial charge is 0.311 e. The number of amides is 1. The maximum Gasteiger partial charge on any atom is 0.311 e. The molecule has 0 bridgehead atoms. The third kappa shape index (κ3) is 3.41. The highest BCUT2D eigenvalue weighted by molar-refractivity contribution is 6.03. The standard InChI is InChI=1S/C19H18N8O2/c28-18(23-15-10-21-4-3-16(15)27-7-5-20-6-8-27)19-22-11-17(29-19)12-1-2-13-14(9-12)25-26-24-13/h1-4,9-11,20H,5-8H2,(H,23,28)(H,24,25,26). The number of anilines is 2. The van der Waals surface area contributed by atoms with Gasteiger partial charge in [-0.3, -0.25) is 14.9 Å². The van der Waals surface area contributed by atoms with Crippen LogP contribution < -0.4 is 15.5 Å². The molecule has 1 saturated heterocycles. The molecule has 3 N–H and O–H groups in total. The van der Waals surface area contributed by atoms with Crippen LogP contribution in [0.1, 0.15) is 10.7 Å². The molecule has 1 aliphatic rings. The van der Waals surface area contributed by atoms with Crippen molar-refractivity contribution in [3.63, 3.8) is 0 Å². The summed E-state index contributed by atoms with van der Waals surface area (Å²) in [6.45, 7) is 3.52. The first kappa shape index (κ1) is 17.3. The molecule has 0 spiro atoms. The quantitative estimate of drug-likeness (QED) is 0.481. The van der Waals surface area contributed by atoms with Crippen LogP contribution in [0.5, 0.6) is 0 Å². The lowest BCUT2D eigenvalue weighted by Crippen LogP contribution is -2.43. The third-order valence-corrected chi connectivity index (χ3v) is 4.81. The Morgan fingerprint density at radius 3 is 2.97 bits per heavy atom. The van der Waals surface area contributed by atoms with Crippen LogP contribution >= 0.6 is 0 Å². The summed E-state index contributed by atoms with van der Waals surface area (Å²) in [6, 6.07) is 7.43. The van der Waals surface area contributed by atoms with Crippen LogP contribution in [0, 0.1) is 0 Å². The van der Waals surface area contributed by atoms with Crippen molar-refractivity contribution >= 4 is 28.3 Å². The number of rotatable bonds is 4. The minimum atomic E-state index is -0.428. The molecule has 5 rings (SSSR count). The molecule has 146 valence electrons. The molecule has 10 heteroatoms. The lowest BCUT2D eigenvalue weighted by molar-refractivity contribution is 0.0991. The number of benzene rings is 1. The molecule has 1 aromatic carbocycles. The second kappa shape index (κ2) is 7.32. The van der Waals surface area contributed by atoms with E-state index in [1.807, 2.05) is 24.3 Å². The van der Waals surface area contributed by atoms with Crippen LogP contribution in [-0.4, -0.2) is 57.5 Å². The van der Waals surface area contributed by atoms with Crippen LogP contribution in [0.4, 0.5) is 11.4 Å². The molecule has 10 nitrogen and oxygen atoms in total. The summed E-state index contributed by atoms with van der Waals surface area (Å²) in [5.74, 6) is 0.0343. The molecule has 1 aliphatic heterocycles. The summed E-state index contributed by atoms with van der Waals surface area (Å²) in [5.41, 5.74) is 3.85. The number of nitrogens with one attached hydrogen (secondary N) is 3. The second-order valence-corrected chi connectivity index (χ2v) is 6.66. The number of piperazine rings is 1. The topological polar surface area (TPSA) is 125 Å². The van der Waals surface area contributed by atoms with Gasteiger partial charge in [-0.15, -0.1) is 5.10 Å². The van der Waals surface area contributed by atoms with Gasteiger partial charge in [0, 0.05) is 37.9 Å². The zero-order valence-corrected chi connectivity index (χ0v) is 15.4. The Hall–Kier alpha value is -3.79. The fourth-order valence-electron chi connectivity index (χ4n) is 3.35. The number of carbonyl (C=O) groups is 1. The van der Waals surface area contributed by atoms with Gasteiger partial charge in [0.2, 0.25) is 0 Å². The van der Waals surface area contributed by atoms with Crippen LogP contribution in [0.25, 0.3) is 22.4 Å². The first-order valence-corrected chi connectivity index (χ1v) is 9.26. The Balaban J connectivity index is 1.37. The Bertz CT molecular complexity index is 1160. The molecule has 1 fully saturated rings. The van der Waals surface area contributed by atoms with Gasteiger partial charge in [-0.25, -0.2) is 4.98 Å². The Morgan fingerprint density at radius 1 is 1.17 bits per heavy atom. The van der Waals surface area contributed by atoms with Gasteiger partial charge in [0.05, 0.1) is 29.3 Å². The number of fused-ring (bicyclic) bond motifs is 1. The van der Waals surface area contributed by atoms with Crippen molar-refractivity contribution in [2.45, 2.75) is 0 Å². The fourth-order valence-corrected chi connectivity index (χ4v) is 3.35. The van der Waals surface area contributed by atoms with Crippen molar-refractivity contribution in [3.8, 4) is 11.3 Å². The fraction of sp³-hybridized carbons (Fsp3) is 0.211. The highest BCUT2D eigenvalue weighted by Crippen LogP contribution is 2.27. The van der Waals surface area contributed by atoms with Crippen molar-refractivity contribution in [1.82, 2.24) is 30.7 Å². The van der Waals surface area contributed by atoms with Crippen molar-refractivity contribution in [2.24, 2.45) is 0 Å². The molecule has 4 heterocycles. The normalized spacial score (nSPS) is 14.3. The largest absolute Gasteiger partial charge is 0.432 e. The van der Waals surface area contributed by atoms with Gasteiger partial charge in [-0.2, -0.15) is 0 Å². The van der Waals surface area contributed by atoms with E-state index in [0.29, 0.717) is 17.0 Å². The summed E-state index contributed by atoms with van der Waals surface area (Å²) in [6.07, 6.45) is 4.88.